The highest BCUT2D eigenvalue weighted by atomic mass is 32.2. The third-order valence-corrected chi connectivity index (χ3v) is 3.68. The predicted molar refractivity (Wildman–Crippen MR) is 76.4 cm³/mol. The van der Waals surface area contributed by atoms with Crippen molar-refractivity contribution in [2.75, 3.05) is 55.5 Å². The Hall–Kier alpha value is -1.32. The van der Waals surface area contributed by atoms with E-state index in [1.807, 2.05) is 11.8 Å². The molecule has 4 N–H and O–H groups in total. The number of nitrogens with two attached hydrogens (primary N) is 1. The smallest absolute Gasteiger partial charge is 0.322 e. The van der Waals surface area contributed by atoms with Crippen LogP contribution >= 0.6 is 11.8 Å². The molecule has 0 spiro atoms. The Morgan fingerprint density at radius 1 is 1.26 bits per heavy atom. The fourth-order valence-electron chi connectivity index (χ4n) is 1.74. The van der Waals surface area contributed by atoms with Gasteiger partial charge in [0.15, 0.2) is 0 Å². The van der Waals surface area contributed by atoms with Gasteiger partial charge in [0.2, 0.25) is 11.9 Å². The summed E-state index contributed by atoms with van der Waals surface area (Å²) in [5.74, 6) is 8.45. The van der Waals surface area contributed by atoms with Crippen LogP contribution in [0.4, 0.5) is 11.9 Å². The second kappa shape index (κ2) is 7.31. The molecule has 1 aliphatic heterocycles. The number of thioether (sulfide) groups is 1. The number of ether oxygens (including phenoxy) is 1. The van der Waals surface area contributed by atoms with E-state index >= 15 is 0 Å². The van der Waals surface area contributed by atoms with Crippen LogP contribution in [0, 0.1) is 0 Å². The number of nitrogens with zero attached hydrogens (tertiary/aromatic N) is 4. The minimum Gasteiger partial charge on any atom is -0.467 e. The van der Waals surface area contributed by atoms with Crippen LogP contribution in [0.5, 0.6) is 6.01 Å². The van der Waals surface area contributed by atoms with E-state index in [2.05, 4.69) is 30.6 Å². The monoisotopic (exact) mass is 285 g/mol. The standard InChI is InChI=1S/C10H19N7OS/c1-18-10-14-8(13-9(15-10)16-11)12-2-3-17-4-6-19-7-5-17/h2-7,11H2,1H3,(H2,12,13,14,15,16). The van der Waals surface area contributed by atoms with Gasteiger partial charge in [-0.1, -0.05) is 0 Å². The highest BCUT2D eigenvalue weighted by Crippen LogP contribution is 2.10. The Kier molecular flexibility index (Phi) is 5.43. The number of hydrazine groups is 1. The maximum Gasteiger partial charge on any atom is 0.322 e. The quantitative estimate of drug-likeness (QED) is 0.477. The van der Waals surface area contributed by atoms with Crippen LogP contribution in [-0.4, -0.2) is 64.6 Å². The molecule has 0 saturated carbocycles. The van der Waals surface area contributed by atoms with Gasteiger partial charge >= 0.3 is 6.01 Å². The van der Waals surface area contributed by atoms with Gasteiger partial charge in [0.1, 0.15) is 0 Å². The van der Waals surface area contributed by atoms with Crippen LogP contribution in [0.1, 0.15) is 0 Å². The number of hydrogen-bond acceptors (Lipinski definition) is 9. The zero-order chi connectivity index (χ0) is 13.5. The van der Waals surface area contributed by atoms with E-state index in [-0.39, 0.29) is 12.0 Å². The second-order valence-electron chi connectivity index (χ2n) is 3.99. The van der Waals surface area contributed by atoms with Crippen molar-refractivity contribution in [3.8, 4) is 6.01 Å². The first-order valence-corrected chi connectivity index (χ1v) is 7.28. The summed E-state index contributed by atoms with van der Waals surface area (Å²) in [5.41, 5.74) is 2.39. The van der Waals surface area contributed by atoms with Gasteiger partial charge in [-0.2, -0.15) is 26.7 Å². The third-order valence-electron chi connectivity index (χ3n) is 2.74. The first kappa shape index (κ1) is 14.1. The second-order valence-corrected chi connectivity index (χ2v) is 5.22. The number of rotatable bonds is 6. The molecular formula is C10H19N7OS. The first-order valence-electron chi connectivity index (χ1n) is 6.12. The molecule has 19 heavy (non-hydrogen) atoms. The fraction of sp³-hybridized carbons (Fsp3) is 0.700. The average molecular weight is 285 g/mol. The van der Waals surface area contributed by atoms with Crippen molar-refractivity contribution in [1.29, 1.82) is 0 Å². The molecule has 106 valence electrons. The van der Waals surface area contributed by atoms with Gasteiger partial charge in [0.25, 0.3) is 0 Å². The summed E-state index contributed by atoms with van der Waals surface area (Å²) in [4.78, 5) is 14.6. The van der Waals surface area contributed by atoms with Crippen molar-refractivity contribution >= 4 is 23.7 Å². The van der Waals surface area contributed by atoms with Gasteiger partial charge in [0.05, 0.1) is 7.11 Å². The molecule has 0 aliphatic carbocycles. The summed E-state index contributed by atoms with van der Waals surface area (Å²) in [6, 6.07) is 0.236. The zero-order valence-corrected chi connectivity index (χ0v) is 11.7. The van der Waals surface area contributed by atoms with Gasteiger partial charge < -0.3 is 10.1 Å². The molecule has 0 bridgehead atoms. The molecule has 9 heteroatoms. The Morgan fingerprint density at radius 3 is 2.68 bits per heavy atom. The van der Waals surface area contributed by atoms with E-state index < -0.39 is 0 Å². The molecule has 1 aromatic rings. The molecule has 0 unspecified atom stereocenters. The zero-order valence-electron chi connectivity index (χ0n) is 10.9. The topological polar surface area (TPSA) is 101 Å². The lowest BCUT2D eigenvalue weighted by atomic mass is 10.4. The molecule has 1 aromatic heterocycles. The van der Waals surface area contributed by atoms with Crippen LogP contribution < -0.4 is 21.3 Å². The molecule has 1 aliphatic rings. The summed E-state index contributed by atoms with van der Waals surface area (Å²) in [6.45, 7) is 4.03. The fourth-order valence-corrected chi connectivity index (χ4v) is 2.72. The van der Waals surface area contributed by atoms with Crippen molar-refractivity contribution < 1.29 is 4.74 Å². The Labute approximate surface area is 116 Å². The van der Waals surface area contributed by atoms with Crippen molar-refractivity contribution in [3.05, 3.63) is 0 Å². The van der Waals surface area contributed by atoms with Crippen LogP contribution in [0.15, 0.2) is 0 Å². The van der Waals surface area contributed by atoms with E-state index in [4.69, 9.17) is 10.6 Å². The van der Waals surface area contributed by atoms with Gasteiger partial charge in [-0.05, 0) is 0 Å². The minimum absolute atomic E-state index is 0.236. The number of anilines is 2. The number of nitrogens with one attached hydrogen (secondary N) is 2. The summed E-state index contributed by atoms with van der Waals surface area (Å²) in [6.07, 6.45) is 0. The number of methoxy groups -OCH3 is 1. The van der Waals surface area contributed by atoms with Gasteiger partial charge in [0, 0.05) is 37.7 Å². The normalized spacial score (nSPS) is 16.1. The number of hydrogen-bond donors (Lipinski definition) is 3. The SMILES string of the molecule is COc1nc(NN)nc(NCCN2CCSCC2)n1. The average Bonchev–Trinajstić information content (AvgIpc) is 2.48. The molecule has 1 fully saturated rings. The van der Waals surface area contributed by atoms with Gasteiger partial charge in [-0.15, -0.1) is 0 Å². The lowest BCUT2D eigenvalue weighted by molar-refractivity contribution is 0.314. The summed E-state index contributed by atoms with van der Waals surface area (Å²) in [7, 11) is 1.50. The summed E-state index contributed by atoms with van der Waals surface area (Å²) >= 11 is 2.00. The van der Waals surface area contributed by atoms with Gasteiger partial charge in [-0.3, -0.25) is 10.3 Å². The third kappa shape index (κ3) is 4.37. The van der Waals surface area contributed by atoms with Crippen molar-refractivity contribution in [1.82, 2.24) is 19.9 Å². The van der Waals surface area contributed by atoms with Crippen molar-refractivity contribution in [2.45, 2.75) is 0 Å². The maximum absolute atomic E-state index is 5.29. The molecule has 0 radical (unpaired) electrons. The largest absolute Gasteiger partial charge is 0.467 e. The minimum atomic E-state index is 0.236. The van der Waals surface area contributed by atoms with E-state index in [1.54, 1.807) is 0 Å². The molecule has 0 atom stereocenters. The highest BCUT2D eigenvalue weighted by molar-refractivity contribution is 7.99. The molecular weight excluding hydrogens is 266 g/mol. The molecule has 8 nitrogen and oxygen atoms in total. The lowest BCUT2D eigenvalue weighted by Crippen LogP contribution is -2.36. The predicted octanol–water partition coefficient (Wildman–Crippen LogP) is -0.373. The number of aromatic nitrogens is 3. The van der Waals surface area contributed by atoms with E-state index in [1.165, 1.54) is 18.6 Å². The molecule has 2 rings (SSSR count). The highest BCUT2D eigenvalue weighted by Gasteiger charge is 2.10. The molecule has 0 aromatic carbocycles. The Morgan fingerprint density at radius 2 is 2.00 bits per heavy atom. The van der Waals surface area contributed by atoms with E-state index in [0.717, 1.165) is 26.2 Å². The van der Waals surface area contributed by atoms with Crippen LogP contribution in [0.3, 0.4) is 0 Å². The van der Waals surface area contributed by atoms with Crippen molar-refractivity contribution in [2.24, 2.45) is 5.84 Å². The van der Waals surface area contributed by atoms with Crippen molar-refractivity contribution in [3.63, 3.8) is 0 Å². The van der Waals surface area contributed by atoms with E-state index in [9.17, 15) is 0 Å². The Balaban J connectivity index is 1.84. The lowest BCUT2D eigenvalue weighted by Gasteiger charge is -2.25. The first-order chi connectivity index (χ1) is 9.31. The van der Waals surface area contributed by atoms with Gasteiger partial charge in [-0.25, -0.2) is 5.84 Å². The van der Waals surface area contributed by atoms with E-state index in [0.29, 0.717) is 5.95 Å². The summed E-state index contributed by atoms with van der Waals surface area (Å²) in [5, 5.41) is 3.16. The van der Waals surface area contributed by atoms with Crippen LogP contribution in [0.25, 0.3) is 0 Å². The Bertz CT molecular complexity index is 377. The molecule has 0 amide bonds. The van der Waals surface area contributed by atoms with Crippen LogP contribution in [0.2, 0.25) is 0 Å². The maximum atomic E-state index is 5.29. The van der Waals surface area contributed by atoms with Crippen LogP contribution in [-0.2, 0) is 0 Å². The molecule has 1 saturated heterocycles. The number of nitrogen functional groups attached to an aromatic ring is 1. The molecule has 2 heterocycles. The summed E-state index contributed by atoms with van der Waals surface area (Å²) < 4.78 is 4.98.